The van der Waals surface area contributed by atoms with Crippen molar-refractivity contribution >= 4 is 18.4 Å². The number of aliphatic hydroxyl groups excluding tert-OH is 2. The first-order valence-electron chi connectivity index (χ1n) is 7.82. The molecule has 0 saturated carbocycles. The van der Waals surface area contributed by atoms with Gasteiger partial charge in [-0.05, 0) is 25.7 Å². The highest BCUT2D eigenvalue weighted by molar-refractivity contribution is 5.67. The molecule has 0 atom stereocenters. The molecule has 0 aliphatic rings. The molecule has 0 spiro atoms. The number of aliphatic hydroxyl groups is 4. The van der Waals surface area contributed by atoms with Crippen LogP contribution in [0.4, 0.5) is 0 Å². The molecule has 0 aliphatic heterocycles. The van der Waals surface area contributed by atoms with Crippen LogP contribution in [0.2, 0.25) is 0 Å². The van der Waals surface area contributed by atoms with Crippen molar-refractivity contribution in [1.29, 1.82) is 0 Å². The molecule has 7 N–H and O–H groups in total. The van der Waals surface area contributed by atoms with Crippen molar-refractivity contribution in [3.63, 3.8) is 0 Å². The SMILES string of the molecule is CCCC(O)O.CCCC(O)O.O=C(O)CCCCC(=O)O.O=CO. The average Bonchev–Trinajstić information content (AvgIpc) is 2.45. The summed E-state index contributed by atoms with van der Waals surface area (Å²) in [6.07, 6.45) is 1.45. The van der Waals surface area contributed by atoms with Crippen LogP contribution >= 0.6 is 0 Å². The highest BCUT2D eigenvalue weighted by Gasteiger charge is 1.99. The summed E-state index contributed by atoms with van der Waals surface area (Å²) in [6.45, 7) is 3.55. The average molecular weight is 372 g/mol. The summed E-state index contributed by atoms with van der Waals surface area (Å²) >= 11 is 0. The van der Waals surface area contributed by atoms with Crippen molar-refractivity contribution in [3.8, 4) is 0 Å². The van der Waals surface area contributed by atoms with Gasteiger partial charge in [0.25, 0.3) is 6.47 Å². The van der Waals surface area contributed by atoms with E-state index in [1.807, 2.05) is 13.8 Å². The Hall–Kier alpha value is -1.75. The second-order valence-corrected chi connectivity index (χ2v) is 4.64. The summed E-state index contributed by atoms with van der Waals surface area (Å²) in [6, 6.07) is 0. The Balaban J connectivity index is -0.000000128. The van der Waals surface area contributed by atoms with E-state index in [1.54, 1.807) is 0 Å². The molecule has 0 aromatic heterocycles. The highest BCUT2D eigenvalue weighted by Crippen LogP contribution is 1.98. The molecule has 25 heavy (non-hydrogen) atoms. The molecular weight excluding hydrogens is 340 g/mol. The van der Waals surface area contributed by atoms with Crippen LogP contribution < -0.4 is 0 Å². The van der Waals surface area contributed by atoms with Crippen molar-refractivity contribution in [2.45, 2.75) is 77.8 Å². The van der Waals surface area contributed by atoms with Gasteiger partial charge in [-0.15, -0.1) is 0 Å². The fourth-order valence-corrected chi connectivity index (χ4v) is 1.07. The van der Waals surface area contributed by atoms with E-state index in [4.69, 9.17) is 40.5 Å². The Morgan fingerprint density at radius 3 is 1.12 bits per heavy atom. The summed E-state index contributed by atoms with van der Waals surface area (Å²) in [5.74, 6) is -1.74. The van der Waals surface area contributed by atoms with E-state index in [1.165, 1.54) is 0 Å². The smallest absolute Gasteiger partial charge is 0.303 e. The second kappa shape index (κ2) is 27.1. The zero-order valence-electron chi connectivity index (χ0n) is 14.7. The van der Waals surface area contributed by atoms with Gasteiger partial charge in [0.15, 0.2) is 12.6 Å². The van der Waals surface area contributed by atoms with Gasteiger partial charge in [0, 0.05) is 12.8 Å². The number of carboxylic acids is 2. The molecule has 0 amide bonds. The quantitative estimate of drug-likeness (QED) is 0.171. The van der Waals surface area contributed by atoms with Gasteiger partial charge in [-0.1, -0.05) is 26.7 Å². The van der Waals surface area contributed by atoms with E-state index < -0.39 is 24.5 Å². The number of carboxylic acid groups (broad SMARTS) is 3. The molecule has 0 heterocycles. The van der Waals surface area contributed by atoms with Crippen molar-refractivity contribution in [2.75, 3.05) is 0 Å². The lowest BCUT2D eigenvalue weighted by Gasteiger charge is -1.94. The fourth-order valence-electron chi connectivity index (χ4n) is 1.07. The number of aliphatic carboxylic acids is 2. The lowest BCUT2D eigenvalue weighted by molar-refractivity contribution is -0.139. The number of unbranched alkanes of at least 4 members (excludes halogenated alkanes) is 1. The standard InChI is InChI=1S/C6H10O4.2C4H10O2.CH2O2/c7-5(8)3-1-2-4-6(9)10;2*1-2-3-4(5)6;2-1-3/h1-4H2,(H,7,8)(H,9,10);2*4-6H,2-3H2,1H3;1H,(H,2,3). The molecule has 0 aromatic rings. The molecule has 0 radical (unpaired) electrons. The monoisotopic (exact) mass is 372 g/mol. The Labute approximate surface area is 147 Å². The normalized spacial score (nSPS) is 8.96. The maximum absolute atomic E-state index is 9.90. The van der Waals surface area contributed by atoms with Gasteiger partial charge in [0.2, 0.25) is 0 Å². The van der Waals surface area contributed by atoms with Crippen LogP contribution in [-0.2, 0) is 14.4 Å². The molecule has 0 bridgehead atoms. The van der Waals surface area contributed by atoms with Gasteiger partial charge in [-0.25, -0.2) is 0 Å². The molecule has 10 nitrogen and oxygen atoms in total. The Morgan fingerprint density at radius 2 is 1.04 bits per heavy atom. The maximum atomic E-state index is 9.90. The fraction of sp³-hybridized carbons (Fsp3) is 0.800. The first-order chi connectivity index (χ1) is 11.6. The molecule has 152 valence electrons. The zero-order chi connectivity index (χ0) is 20.7. The van der Waals surface area contributed by atoms with Crippen molar-refractivity contribution in [3.05, 3.63) is 0 Å². The highest BCUT2D eigenvalue weighted by atomic mass is 16.5. The van der Waals surface area contributed by atoms with Crippen LogP contribution in [0.5, 0.6) is 0 Å². The van der Waals surface area contributed by atoms with Gasteiger partial charge >= 0.3 is 11.9 Å². The van der Waals surface area contributed by atoms with E-state index in [2.05, 4.69) is 0 Å². The maximum Gasteiger partial charge on any atom is 0.303 e. The van der Waals surface area contributed by atoms with Gasteiger partial charge in [-0.2, -0.15) is 0 Å². The minimum absolute atomic E-state index is 0.0628. The van der Waals surface area contributed by atoms with Crippen LogP contribution in [0, 0.1) is 0 Å². The Kier molecular flexibility index (Phi) is 33.7. The molecular formula is C15H32O10. The van der Waals surface area contributed by atoms with E-state index in [-0.39, 0.29) is 19.3 Å². The van der Waals surface area contributed by atoms with Crippen LogP contribution in [0.15, 0.2) is 0 Å². The van der Waals surface area contributed by atoms with Crippen molar-refractivity contribution in [1.82, 2.24) is 0 Å². The molecule has 0 saturated heterocycles. The zero-order valence-corrected chi connectivity index (χ0v) is 14.7. The van der Waals surface area contributed by atoms with Gasteiger partial charge < -0.3 is 35.7 Å². The third-order valence-corrected chi connectivity index (χ3v) is 2.13. The molecule has 0 aromatic carbocycles. The lowest BCUT2D eigenvalue weighted by atomic mass is 10.2. The Bertz CT molecular complexity index is 266. The summed E-state index contributed by atoms with van der Waals surface area (Å²) in [4.78, 5) is 28.2. The lowest BCUT2D eigenvalue weighted by Crippen LogP contribution is -2.01. The van der Waals surface area contributed by atoms with E-state index in [9.17, 15) is 9.59 Å². The third-order valence-electron chi connectivity index (χ3n) is 2.13. The first kappa shape index (κ1) is 31.1. The minimum atomic E-state index is -1.10. The first-order valence-corrected chi connectivity index (χ1v) is 7.82. The predicted molar refractivity (Wildman–Crippen MR) is 88.7 cm³/mol. The molecule has 0 fully saturated rings. The largest absolute Gasteiger partial charge is 0.483 e. The summed E-state index contributed by atoms with van der Waals surface area (Å²) < 4.78 is 0. The van der Waals surface area contributed by atoms with Crippen molar-refractivity contribution < 1.29 is 50.1 Å². The number of rotatable bonds is 9. The summed E-state index contributed by atoms with van der Waals surface area (Å²) in [5, 5.41) is 55.6. The predicted octanol–water partition coefficient (Wildman–Crippen LogP) is 0.611. The van der Waals surface area contributed by atoms with Gasteiger partial charge in [-0.3, -0.25) is 14.4 Å². The minimum Gasteiger partial charge on any atom is -0.483 e. The number of carbonyl (C=O) groups is 3. The van der Waals surface area contributed by atoms with Crippen LogP contribution in [-0.4, -0.2) is 66.7 Å². The van der Waals surface area contributed by atoms with Crippen LogP contribution in [0.3, 0.4) is 0 Å². The van der Waals surface area contributed by atoms with E-state index >= 15 is 0 Å². The van der Waals surface area contributed by atoms with E-state index in [0.717, 1.165) is 12.8 Å². The number of hydrogen-bond acceptors (Lipinski definition) is 7. The van der Waals surface area contributed by atoms with Gasteiger partial charge in [0.05, 0.1) is 0 Å². The van der Waals surface area contributed by atoms with Crippen LogP contribution in [0.25, 0.3) is 0 Å². The second-order valence-electron chi connectivity index (χ2n) is 4.64. The van der Waals surface area contributed by atoms with Crippen molar-refractivity contribution in [2.24, 2.45) is 0 Å². The third kappa shape index (κ3) is 72.1. The van der Waals surface area contributed by atoms with Crippen LogP contribution in [0.1, 0.15) is 65.2 Å². The molecule has 0 unspecified atom stereocenters. The Morgan fingerprint density at radius 1 is 0.800 bits per heavy atom. The molecule has 0 rings (SSSR count). The molecule has 0 aliphatic carbocycles. The summed E-state index contributed by atoms with van der Waals surface area (Å²) in [7, 11) is 0. The number of hydrogen-bond donors (Lipinski definition) is 7. The molecule has 10 heteroatoms. The van der Waals surface area contributed by atoms with E-state index in [0.29, 0.717) is 25.7 Å². The van der Waals surface area contributed by atoms with Gasteiger partial charge in [0.1, 0.15) is 0 Å². The topological polar surface area (TPSA) is 193 Å². The summed E-state index contributed by atoms with van der Waals surface area (Å²) in [5.41, 5.74) is 0.